The lowest BCUT2D eigenvalue weighted by molar-refractivity contribution is -0.137. The van der Waals surface area contributed by atoms with E-state index in [4.69, 9.17) is 20.8 Å². The highest BCUT2D eigenvalue weighted by Gasteiger charge is 2.31. The number of nitrogens with zero attached hydrogens (tertiary/aromatic N) is 8. The molecule has 3 aromatic rings. The van der Waals surface area contributed by atoms with Crippen LogP contribution in [0.4, 0.5) is 13.2 Å². The Kier molecular flexibility index (Phi) is 7.48. The van der Waals surface area contributed by atoms with Gasteiger partial charge < -0.3 is 15.5 Å². The van der Waals surface area contributed by atoms with Crippen LogP contribution in [0.5, 0.6) is 5.75 Å². The highest BCUT2D eigenvalue weighted by atomic mass is 19.4. The lowest BCUT2D eigenvalue weighted by Crippen LogP contribution is -2.32. The zero-order chi connectivity index (χ0) is 27.4. The van der Waals surface area contributed by atoms with E-state index < -0.39 is 17.8 Å². The minimum absolute atomic E-state index is 0.000808. The highest BCUT2D eigenvalue weighted by molar-refractivity contribution is 6.47. The minimum atomic E-state index is -4.55. The molecule has 0 radical (unpaired) electrons. The van der Waals surface area contributed by atoms with E-state index in [1.165, 1.54) is 16.9 Å². The third-order valence-electron chi connectivity index (χ3n) is 6.28. The second kappa shape index (κ2) is 10.8. The summed E-state index contributed by atoms with van der Waals surface area (Å²) in [5.74, 6) is 5.95. The molecule has 0 bridgehead atoms. The van der Waals surface area contributed by atoms with E-state index in [0.29, 0.717) is 48.4 Å². The summed E-state index contributed by atoms with van der Waals surface area (Å²) >= 11 is 0. The third-order valence-corrected chi connectivity index (χ3v) is 6.28. The molecule has 3 aromatic heterocycles. The van der Waals surface area contributed by atoms with Gasteiger partial charge in [0.15, 0.2) is 6.19 Å². The van der Waals surface area contributed by atoms with Crippen molar-refractivity contribution in [2.24, 2.45) is 15.9 Å². The van der Waals surface area contributed by atoms with Crippen LogP contribution in [-0.2, 0) is 6.18 Å². The summed E-state index contributed by atoms with van der Waals surface area (Å²) in [6, 6.07) is 4.63. The van der Waals surface area contributed by atoms with Crippen molar-refractivity contribution in [1.82, 2.24) is 19.5 Å². The molecule has 0 spiro atoms. The molecule has 0 aromatic carbocycles. The minimum Gasteiger partial charge on any atom is -0.484 e. The average molecular weight is 524 g/mol. The number of fused-ring (bicyclic) bond motifs is 1. The van der Waals surface area contributed by atoms with Gasteiger partial charge >= 0.3 is 6.18 Å². The Morgan fingerprint density at radius 3 is 2.58 bits per heavy atom. The molecule has 38 heavy (non-hydrogen) atoms. The zero-order valence-electron chi connectivity index (χ0n) is 20.6. The Hall–Kier alpha value is -4.65. The Balaban J connectivity index is 1.69. The van der Waals surface area contributed by atoms with Crippen molar-refractivity contribution in [2.75, 3.05) is 13.1 Å². The first-order valence-electron chi connectivity index (χ1n) is 11.7. The maximum Gasteiger partial charge on any atom is 0.417 e. The maximum absolute atomic E-state index is 13.2. The van der Waals surface area contributed by atoms with E-state index in [1.54, 1.807) is 31.0 Å². The quantitative estimate of drug-likeness (QED) is 0.224. The molecule has 1 atom stereocenters. The van der Waals surface area contributed by atoms with Crippen LogP contribution in [0.1, 0.15) is 55.0 Å². The number of rotatable bonds is 6. The molecule has 4 heterocycles. The van der Waals surface area contributed by atoms with Crippen LogP contribution in [0.25, 0.3) is 5.52 Å². The third kappa shape index (κ3) is 5.52. The Labute approximate surface area is 216 Å². The number of aromatic nitrogens is 3. The molecular formula is C25H24F3N9O. The summed E-state index contributed by atoms with van der Waals surface area (Å²) in [6.45, 7) is 4.59. The summed E-state index contributed by atoms with van der Waals surface area (Å²) in [4.78, 5) is 10.1. The van der Waals surface area contributed by atoms with Crippen molar-refractivity contribution in [2.45, 2.75) is 45.0 Å². The molecular weight excluding hydrogens is 499 g/mol. The predicted octanol–water partition coefficient (Wildman–Crippen LogP) is 3.83. The highest BCUT2D eigenvalue weighted by Crippen LogP contribution is 2.33. The van der Waals surface area contributed by atoms with Crippen molar-refractivity contribution in [1.29, 1.82) is 10.5 Å². The van der Waals surface area contributed by atoms with Gasteiger partial charge in [0.2, 0.25) is 0 Å². The van der Waals surface area contributed by atoms with Gasteiger partial charge in [-0.2, -0.15) is 33.9 Å². The van der Waals surface area contributed by atoms with Crippen molar-refractivity contribution in [3.63, 3.8) is 0 Å². The molecule has 13 heteroatoms. The number of hydrogen-bond donors (Lipinski definition) is 1. The molecule has 0 amide bonds. The average Bonchev–Trinajstić information content (AvgIpc) is 3.32. The van der Waals surface area contributed by atoms with E-state index >= 15 is 0 Å². The summed E-state index contributed by atoms with van der Waals surface area (Å²) < 4.78 is 47.1. The van der Waals surface area contributed by atoms with Gasteiger partial charge in [-0.15, -0.1) is 0 Å². The molecule has 0 saturated carbocycles. The lowest BCUT2D eigenvalue weighted by Gasteiger charge is -2.26. The second-order valence-corrected chi connectivity index (χ2v) is 8.83. The number of halogens is 3. The lowest BCUT2D eigenvalue weighted by atomic mass is 10.0. The van der Waals surface area contributed by atoms with Crippen LogP contribution in [0.3, 0.4) is 0 Å². The smallest absolute Gasteiger partial charge is 0.417 e. The topological polar surface area (TPSA) is 141 Å². The van der Waals surface area contributed by atoms with Gasteiger partial charge in [-0.25, -0.2) is 4.52 Å². The van der Waals surface area contributed by atoms with Gasteiger partial charge in [0.25, 0.3) is 0 Å². The van der Waals surface area contributed by atoms with Crippen molar-refractivity contribution >= 4 is 16.9 Å². The van der Waals surface area contributed by atoms with Crippen molar-refractivity contribution in [3.8, 4) is 18.0 Å². The van der Waals surface area contributed by atoms with Crippen LogP contribution in [0, 0.1) is 22.8 Å². The van der Waals surface area contributed by atoms with E-state index in [1.807, 2.05) is 0 Å². The summed E-state index contributed by atoms with van der Waals surface area (Å²) in [5, 5.41) is 26.8. The fraction of sp³-hybridized carbons (Fsp3) is 0.360. The molecule has 1 aliphatic rings. The van der Waals surface area contributed by atoms with Crippen LogP contribution in [0.2, 0.25) is 0 Å². The van der Waals surface area contributed by atoms with Crippen LogP contribution >= 0.6 is 0 Å². The van der Waals surface area contributed by atoms with Crippen molar-refractivity contribution in [3.05, 3.63) is 59.2 Å². The number of aliphatic imine (C=N–C) groups is 1. The van der Waals surface area contributed by atoms with Crippen LogP contribution in [0.15, 0.2) is 47.0 Å². The van der Waals surface area contributed by atoms with E-state index in [-0.39, 0.29) is 22.9 Å². The Morgan fingerprint density at radius 1 is 1.21 bits per heavy atom. The van der Waals surface area contributed by atoms with Crippen LogP contribution < -0.4 is 10.6 Å². The number of piperidine rings is 1. The molecule has 196 valence electrons. The number of nitrogens with two attached hydrogens (primary N) is 1. The molecule has 0 aliphatic carbocycles. The van der Waals surface area contributed by atoms with E-state index in [0.717, 1.165) is 12.3 Å². The number of pyridine rings is 2. The Bertz CT molecular complexity index is 1470. The van der Waals surface area contributed by atoms with E-state index in [9.17, 15) is 18.4 Å². The fourth-order valence-electron chi connectivity index (χ4n) is 4.29. The van der Waals surface area contributed by atoms with Gasteiger partial charge in [0.1, 0.15) is 34.7 Å². The number of alkyl halides is 3. The van der Waals surface area contributed by atoms with E-state index in [2.05, 4.69) is 27.4 Å². The summed E-state index contributed by atoms with van der Waals surface area (Å²) in [5.41, 5.74) is 1.30. The van der Waals surface area contributed by atoms with Gasteiger partial charge in [-0.05, 0) is 38.8 Å². The normalized spacial score (nSPS) is 16.2. The summed E-state index contributed by atoms with van der Waals surface area (Å²) in [6.07, 6.45) is 3.20. The maximum atomic E-state index is 13.2. The van der Waals surface area contributed by atoms with Gasteiger partial charge in [-0.3, -0.25) is 9.98 Å². The van der Waals surface area contributed by atoms with Gasteiger partial charge in [0.05, 0.1) is 23.5 Å². The Morgan fingerprint density at radius 2 is 1.95 bits per heavy atom. The first kappa shape index (κ1) is 26.4. The number of ether oxygens (including phenoxy) is 1. The molecule has 2 N–H and O–H groups in total. The molecule has 10 nitrogen and oxygen atoms in total. The number of likely N-dealkylation sites (tertiary alicyclic amines) is 1. The van der Waals surface area contributed by atoms with Gasteiger partial charge in [0, 0.05) is 42.8 Å². The number of hydrogen-bond acceptors (Lipinski definition) is 9. The zero-order valence-corrected chi connectivity index (χ0v) is 20.6. The first-order chi connectivity index (χ1) is 18.1. The first-order valence-corrected chi connectivity index (χ1v) is 11.7. The molecule has 4 rings (SSSR count). The second-order valence-electron chi connectivity index (χ2n) is 8.83. The van der Waals surface area contributed by atoms with Crippen LogP contribution in [-0.4, -0.2) is 50.1 Å². The largest absolute Gasteiger partial charge is 0.484 e. The molecule has 0 unspecified atom stereocenters. The monoisotopic (exact) mass is 523 g/mol. The predicted molar refractivity (Wildman–Crippen MR) is 132 cm³/mol. The molecule has 1 aliphatic heterocycles. The summed E-state index contributed by atoms with van der Waals surface area (Å²) in [7, 11) is 0. The fourth-order valence-corrected chi connectivity index (χ4v) is 4.29. The van der Waals surface area contributed by atoms with Gasteiger partial charge in [-0.1, -0.05) is 0 Å². The number of hydrazone groups is 1. The SMILES string of the molecule is CC(=NC1CCN(C#N)CC1)/C(=N\N)c1cc(O[C@H](C)c2cncc(C(F)(F)F)c2)c2c(C#N)cnn2c1. The van der Waals surface area contributed by atoms with Crippen molar-refractivity contribution < 1.29 is 17.9 Å². The standard InChI is InChI=1S/C25H24F3N9O/c1-15(34-21-3-5-36(14-30)6-4-21)23(35-31)18-8-22(24-19(9-29)11-33-37(24)13-18)38-16(2)17-7-20(12-32-10-17)25(26,27)28/h7-8,10-13,16,21H,3-6,31H2,1-2H3/b34-15?,35-23+/t16-/m1/s1. The molecule has 1 saturated heterocycles. The molecule has 1 fully saturated rings. The number of nitriles is 2.